The Bertz CT molecular complexity index is 629. The molecule has 0 aliphatic heterocycles. The average Bonchev–Trinajstić information content (AvgIpc) is 2.43. The summed E-state index contributed by atoms with van der Waals surface area (Å²) in [5, 5.41) is 3.86. The van der Waals surface area contributed by atoms with Gasteiger partial charge < -0.3 is 11.1 Å². The highest BCUT2D eigenvalue weighted by molar-refractivity contribution is 6.31. The first-order valence-electron chi connectivity index (χ1n) is 5.82. The van der Waals surface area contributed by atoms with Gasteiger partial charge in [-0.1, -0.05) is 23.2 Å². The topological polar surface area (TPSA) is 58.4 Å². The Morgan fingerprint density at radius 2 is 1.70 bits per heavy atom. The molecule has 0 aliphatic rings. The molecule has 0 bridgehead atoms. The maximum atomic E-state index is 12.1. The van der Waals surface area contributed by atoms with Crippen LogP contribution in [0.5, 0.6) is 0 Å². The van der Waals surface area contributed by atoms with Gasteiger partial charge in [0, 0.05) is 22.8 Å². The lowest BCUT2D eigenvalue weighted by atomic mass is 10.2. The lowest BCUT2D eigenvalue weighted by molar-refractivity contribution is 0.258. The van der Waals surface area contributed by atoms with E-state index < -0.39 is 0 Å². The summed E-state index contributed by atoms with van der Waals surface area (Å²) in [6, 6.07) is 11.5. The first-order valence-corrected chi connectivity index (χ1v) is 6.58. The molecule has 0 unspecified atom stereocenters. The molecule has 0 aromatic heterocycles. The zero-order chi connectivity index (χ0) is 14.7. The zero-order valence-corrected chi connectivity index (χ0v) is 12.2. The number of benzene rings is 2. The SMILES string of the molecule is CN(C(=O)Nc1ccc(Cl)cc1)c1cc(Cl)ccc1N. The molecule has 3 N–H and O–H groups in total. The van der Waals surface area contributed by atoms with E-state index in [1.165, 1.54) is 4.90 Å². The monoisotopic (exact) mass is 309 g/mol. The van der Waals surface area contributed by atoms with Crippen molar-refractivity contribution in [3.63, 3.8) is 0 Å². The number of amides is 2. The van der Waals surface area contributed by atoms with Gasteiger partial charge in [0.05, 0.1) is 11.4 Å². The number of hydrogen-bond acceptors (Lipinski definition) is 2. The van der Waals surface area contributed by atoms with Gasteiger partial charge in [-0.05, 0) is 42.5 Å². The van der Waals surface area contributed by atoms with Gasteiger partial charge in [-0.25, -0.2) is 4.79 Å². The summed E-state index contributed by atoms with van der Waals surface area (Å²) in [6.45, 7) is 0. The van der Waals surface area contributed by atoms with Gasteiger partial charge in [0.1, 0.15) is 0 Å². The third-order valence-electron chi connectivity index (χ3n) is 2.75. The molecule has 0 saturated heterocycles. The third kappa shape index (κ3) is 3.35. The van der Waals surface area contributed by atoms with Gasteiger partial charge in [-0.2, -0.15) is 0 Å². The van der Waals surface area contributed by atoms with Crippen LogP contribution in [-0.4, -0.2) is 13.1 Å². The van der Waals surface area contributed by atoms with Crippen LogP contribution in [0, 0.1) is 0 Å². The molecule has 104 valence electrons. The minimum atomic E-state index is -0.318. The number of nitrogens with zero attached hydrogens (tertiary/aromatic N) is 1. The molecule has 2 amide bonds. The summed E-state index contributed by atoms with van der Waals surface area (Å²) in [5.41, 5.74) is 7.51. The molecule has 2 aromatic carbocycles. The van der Waals surface area contributed by atoms with Crippen LogP contribution in [0.1, 0.15) is 0 Å². The number of anilines is 3. The van der Waals surface area contributed by atoms with Gasteiger partial charge in [-0.15, -0.1) is 0 Å². The Kier molecular flexibility index (Phi) is 4.37. The maximum absolute atomic E-state index is 12.1. The number of nitrogen functional groups attached to an aromatic ring is 1. The van der Waals surface area contributed by atoms with Crippen LogP contribution in [0.3, 0.4) is 0 Å². The molecule has 20 heavy (non-hydrogen) atoms. The summed E-state index contributed by atoms with van der Waals surface area (Å²) in [7, 11) is 1.62. The number of urea groups is 1. The highest BCUT2D eigenvalue weighted by Crippen LogP contribution is 2.26. The predicted octanol–water partition coefficient (Wildman–Crippen LogP) is 4.24. The zero-order valence-electron chi connectivity index (χ0n) is 10.7. The van der Waals surface area contributed by atoms with Gasteiger partial charge in [0.15, 0.2) is 0 Å². The first kappa shape index (κ1) is 14.5. The molecule has 0 heterocycles. The molecule has 4 nitrogen and oxygen atoms in total. The second-order valence-electron chi connectivity index (χ2n) is 4.20. The van der Waals surface area contributed by atoms with Crippen LogP contribution in [0.15, 0.2) is 42.5 Å². The fourth-order valence-corrected chi connectivity index (χ4v) is 1.95. The van der Waals surface area contributed by atoms with Crippen molar-refractivity contribution in [1.82, 2.24) is 0 Å². The predicted molar refractivity (Wildman–Crippen MR) is 84.7 cm³/mol. The molecule has 0 radical (unpaired) electrons. The van der Waals surface area contributed by atoms with Crippen molar-refractivity contribution >= 4 is 46.3 Å². The van der Waals surface area contributed by atoms with Crippen LogP contribution in [0.25, 0.3) is 0 Å². The quantitative estimate of drug-likeness (QED) is 0.815. The van der Waals surface area contributed by atoms with E-state index in [0.29, 0.717) is 27.1 Å². The Morgan fingerprint density at radius 3 is 2.35 bits per heavy atom. The Morgan fingerprint density at radius 1 is 1.10 bits per heavy atom. The molecule has 0 atom stereocenters. The number of nitrogens with two attached hydrogens (primary N) is 1. The molecular weight excluding hydrogens is 297 g/mol. The lowest BCUT2D eigenvalue weighted by Gasteiger charge is -2.20. The van der Waals surface area contributed by atoms with Crippen molar-refractivity contribution in [3.8, 4) is 0 Å². The number of hydrogen-bond donors (Lipinski definition) is 2. The molecule has 0 spiro atoms. The Hall–Kier alpha value is -1.91. The summed E-state index contributed by atoms with van der Waals surface area (Å²) >= 11 is 11.7. The van der Waals surface area contributed by atoms with Gasteiger partial charge >= 0.3 is 6.03 Å². The fourth-order valence-electron chi connectivity index (χ4n) is 1.66. The molecule has 6 heteroatoms. The van der Waals surface area contributed by atoms with Crippen molar-refractivity contribution < 1.29 is 4.79 Å². The van der Waals surface area contributed by atoms with E-state index in [4.69, 9.17) is 28.9 Å². The minimum Gasteiger partial charge on any atom is -0.397 e. The van der Waals surface area contributed by atoms with E-state index in [9.17, 15) is 4.79 Å². The second-order valence-corrected chi connectivity index (χ2v) is 5.07. The minimum absolute atomic E-state index is 0.318. The van der Waals surface area contributed by atoms with Crippen molar-refractivity contribution in [2.75, 3.05) is 23.0 Å². The largest absolute Gasteiger partial charge is 0.397 e. The maximum Gasteiger partial charge on any atom is 0.326 e. The van der Waals surface area contributed by atoms with Crippen molar-refractivity contribution in [3.05, 3.63) is 52.5 Å². The summed E-state index contributed by atoms with van der Waals surface area (Å²) in [4.78, 5) is 13.5. The van der Waals surface area contributed by atoms with E-state index in [2.05, 4.69) is 5.32 Å². The smallest absolute Gasteiger partial charge is 0.326 e. The van der Waals surface area contributed by atoms with Crippen LogP contribution >= 0.6 is 23.2 Å². The van der Waals surface area contributed by atoms with Crippen molar-refractivity contribution in [1.29, 1.82) is 0 Å². The molecule has 0 aliphatic carbocycles. The number of rotatable bonds is 2. The van der Waals surface area contributed by atoms with E-state index in [1.807, 2.05) is 0 Å². The molecular formula is C14H13Cl2N3O. The Balaban J connectivity index is 2.16. The normalized spacial score (nSPS) is 10.2. The standard InChI is InChI=1S/C14H13Cl2N3O/c1-19(13-8-10(16)4-7-12(13)17)14(20)18-11-5-2-9(15)3-6-11/h2-8H,17H2,1H3,(H,18,20). The van der Waals surface area contributed by atoms with Gasteiger partial charge in [0.25, 0.3) is 0 Å². The third-order valence-corrected chi connectivity index (χ3v) is 3.24. The molecule has 2 rings (SSSR count). The molecule has 0 fully saturated rings. The number of carbonyl (C=O) groups is 1. The summed E-state index contributed by atoms with van der Waals surface area (Å²) < 4.78 is 0. The highest BCUT2D eigenvalue weighted by atomic mass is 35.5. The number of carbonyl (C=O) groups excluding carboxylic acids is 1. The molecule has 0 saturated carbocycles. The fraction of sp³-hybridized carbons (Fsp3) is 0.0714. The number of halogens is 2. The Labute approximate surface area is 127 Å². The van der Waals surface area contributed by atoms with E-state index in [-0.39, 0.29) is 6.03 Å². The van der Waals surface area contributed by atoms with Gasteiger partial charge in [-0.3, -0.25) is 4.90 Å². The van der Waals surface area contributed by atoms with Crippen LogP contribution in [-0.2, 0) is 0 Å². The van der Waals surface area contributed by atoms with E-state index in [1.54, 1.807) is 49.5 Å². The second kappa shape index (κ2) is 6.03. The van der Waals surface area contributed by atoms with Crippen LogP contribution < -0.4 is 16.0 Å². The van der Waals surface area contributed by atoms with E-state index >= 15 is 0 Å². The van der Waals surface area contributed by atoms with Crippen molar-refractivity contribution in [2.45, 2.75) is 0 Å². The van der Waals surface area contributed by atoms with Gasteiger partial charge in [0.2, 0.25) is 0 Å². The van der Waals surface area contributed by atoms with Crippen LogP contribution in [0.2, 0.25) is 10.0 Å². The van der Waals surface area contributed by atoms with E-state index in [0.717, 1.165) is 0 Å². The van der Waals surface area contributed by atoms with Crippen LogP contribution in [0.4, 0.5) is 21.9 Å². The first-order chi connectivity index (χ1) is 9.47. The average molecular weight is 310 g/mol. The van der Waals surface area contributed by atoms with Crippen molar-refractivity contribution in [2.24, 2.45) is 0 Å². The lowest BCUT2D eigenvalue weighted by Crippen LogP contribution is -2.31. The summed E-state index contributed by atoms with van der Waals surface area (Å²) in [6.07, 6.45) is 0. The summed E-state index contributed by atoms with van der Waals surface area (Å²) in [5.74, 6) is 0. The molecule has 2 aromatic rings. The number of nitrogens with one attached hydrogen (secondary N) is 1. The highest BCUT2D eigenvalue weighted by Gasteiger charge is 2.14.